The predicted octanol–water partition coefficient (Wildman–Crippen LogP) is 4.73. The van der Waals surface area contributed by atoms with Gasteiger partial charge in [-0.15, -0.1) is 11.3 Å². The molecule has 3 heterocycles. The van der Waals surface area contributed by atoms with E-state index in [0.29, 0.717) is 34.0 Å². The number of amides is 1. The lowest BCUT2D eigenvalue weighted by Crippen LogP contribution is -2.10. The van der Waals surface area contributed by atoms with Crippen molar-refractivity contribution in [2.45, 2.75) is 13.3 Å². The van der Waals surface area contributed by atoms with Crippen molar-refractivity contribution in [1.29, 1.82) is 0 Å². The van der Waals surface area contributed by atoms with Crippen molar-refractivity contribution in [2.75, 3.05) is 5.32 Å². The number of aromatic carboxylic acids is 1. The molecule has 0 fully saturated rings. The van der Waals surface area contributed by atoms with Gasteiger partial charge in [-0.1, -0.05) is 19.1 Å². The van der Waals surface area contributed by atoms with E-state index in [1.165, 1.54) is 11.3 Å². The molecule has 1 aromatic carbocycles. The first kappa shape index (κ1) is 19.3. The van der Waals surface area contributed by atoms with Crippen LogP contribution in [0, 0.1) is 0 Å². The van der Waals surface area contributed by atoms with Crippen molar-refractivity contribution >= 4 is 50.5 Å². The smallest absolute Gasteiger partial charge is 0.341 e. The number of nitrogens with one attached hydrogen (secondary N) is 1. The molecular formula is C20H15BrN4O3S. The quantitative estimate of drug-likeness (QED) is 0.439. The molecule has 7 nitrogen and oxygen atoms in total. The molecule has 29 heavy (non-hydrogen) atoms. The topological polar surface area (TPSA) is 96.6 Å². The van der Waals surface area contributed by atoms with E-state index >= 15 is 0 Å². The highest BCUT2D eigenvalue weighted by Gasteiger charge is 2.21. The van der Waals surface area contributed by atoms with Crippen LogP contribution in [0.4, 0.5) is 5.69 Å². The minimum Gasteiger partial charge on any atom is -0.477 e. The lowest BCUT2D eigenvalue weighted by atomic mass is 10.1. The number of benzene rings is 1. The van der Waals surface area contributed by atoms with Crippen LogP contribution < -0.4 is 5.32 Å². The summed E-state index contributed by atoms with van der Waals surface area (Å²) in [6.45, 7) is 1.85. The second-order valence-electron chi connectivity index (χ2n) is 6.18. The first-order valence-corrected chi connectivity index (χ1v) is 10.4. The molecule has 0 saturated heterocycles. The minimum atomic E-state index is -1.05. The summed E-state index contributed by atoms with van der Waals surface area (Å²) in [6, 6.07) is 12.7. The molecule has 0 aliphatic carbocycles. The molecule has 9 heteroatoms. The molecule has 4 aromatic rings. The van der Waals surface area contributed by atoms with Gasteiger partial charge in [0.1, 0.15) is 5.56 Å². The van der Waals surface area contributed by atoms with Gasteiger partial charge in [-0.2, -0.15) is 5.10 Å². The molecule has 0 aliphatic rings. The van der Waals surface area contributed by atoms with E-state index in [0.717, 1.165) is 9.35 Å². The first-order chi connectivity index (χ1) is 14.0. The van der Waals surface area contributed by atoms with Gasteiger partial charge in [-0.3, -0.25) is 4.79 Å². The molecule has 0 aliphatic heterocycles. The number of carboxylic acids is 1. The van der Waals surface area contributed by atoms with Crippen LogP contribution in [0.25, 0.3) is 16.9 Å². The molecule has 0 atom stereocenters. The predicted molar refractivity (Wildman–Crippen MR) is 115 cm³/mol. The van der Waals surface area contributed by atoms with Crippen LogP contribution in [-0.2, 0) is 6.42 Å². The van der Waals surface area contributed by atoms with Gasteiger partial charge in [0.2, 0.25) is 0 Å². The Kier molecular flexibility index (Phi) is 5.16. The Labute approximate surface area is 178 Å². The number of hydrogen-bond acceptors (Lipinski definition) is 5. The van der Waals surface area contributed by atoms with Crippen LogP contribution in [0.1, 0.15) is 32.6 Å². The number of carbonyl (C=O) groups is 2. The Hall–Kier alpha value is -3.04. The summed E-state index contributed by atoms with van der Waals surface area (Å²) in [6.07, 6.45) is 2.05. The van der Waals surface area contributed by atoms with Crippen LogP contribution in [0.5, 0.6) is 0 Å². The normalized spacial score (nSPS) is 11.0. The van der Waals surface area contributed by atoms with Crippen LogP contribution in [-0.4, -0.2) is 31.6 Å². The van der Waals surface area contributed by atoms with Crippen molar-refractivity contribution < 1.29 is 14.7 Å². The standard InChI is InChI=1S/C20H15BrN4O3S/c1-2-13-17(20(27)28)18-22-9-8-14(25(18)24-13)11-4-3-5-12(10-11)23-19(26)15-6-7-16(21)29-15/h3-10H,2H2,1H3,(H,23,26)(H,27,28). The van der Waals surface area contributed by atoms with Gasteiger partial charge in [0.25, 0.3) is 5.91 Å². The number of carbonyl (C=O) groups excluding carboxylic acids is 1. The highest BCUT2D eigenvalue weighted by molar-refractivity contribution is 9.11. The summed E-state index contributed by atoms with van der Waals surface area (Å²) in [5, 5.41) is 16.9. The number of halogens is 1. The fourth-order valence-corrected chi connectivity index (χ4v) is 4.34. The maximum absolute atomic E-state index is 12.4. The summed E-state index contributed by atoms with van der Waals surface area (Å²) < 4.78 is 2.43. The molecule has 0 bridgehead atoms. The summed E-state index contributed by atoms with van der Waals surface area (Å²) in [4.78, 5) is 28.9. The molecule has 0 spiro atoms. The van der Waals surface area contributed by atoms with Gasteiger partial charge in [0.05, 0.1) is 20.1 Å². The van der Waals surface area contributed by atoms with Gasteiger partial charge in [-0.05, 0) is 52.7 Å². The first-order valence-electron chi connectivity index (χ1n) is 8.75. The third-order valence-corrected chi connectivity index (χ3v) is 5.98. The van der Waals surface area contributed by atoms with Crippen molar-refractivity contribution in [3.8, 4) is 11.3 Å². The third-order valence-electron chi connectivity index (χ3n) is 4.35. The van der Waals surface area contributed by atoms with E-state index in [-0.39, 0.29) is 11.5 Å². The van der Waals surface area contributed by atoms with E-state index in [4.69, 9.17) is 0 Å². The number of aryl methyl sites for hydroxylation is 1. The van der Waals surface area contributed by atoms with E-state index in [2.05, 4.69) is 31.3 Å². The zero-order chi connectivity index (χ0) is 20.5. The highest BCUT2D eigenvalue weighted by atomic mass is 79.9. The second kappa shape index (κ2) is 7.76. The summed E-state index contributed by atoms with van der Waals surface area (Å²) in [5.74, 6) is -1.25. The van der Waals surface area contributed by atoms with Crippen LogP contribution >= 0.6 is 27.3 Å². The lowest BCUT2D eigenvalue weighted by Gasteiger charge is -2.08. The average Bonchev–Trinajstić information content (AvgIpc) is 3.31. The fourth-order valence-electron chi connectivity index (χ4n) is 3.06. The number of carboxylic acid groups (broad SMARTS) is 1. The molecule has 1 amide bonds. The minimum absolute atomic E-state index is 0.113. The largest absolute Gasteiger partial charge is 0.477 e. The zero-order valence-corrected chi connectivity index (χ0v) is 17.6. The number of thiophene rings is 1. The van der Waals surface area contributed by atoms with Crippen molar-refractivity contribution in [3.63, 3.8) is 0 Å². The van der Waals surface area contributed by atoms with E-state index in [1.807, 2.05) is 31.2 Å². The number of aromatic nitrogens is 3. The Bertz CT molecular complexity index is 1250. The van der Waals surface area contributed by atoms with Crippen LogP contribution in [0.2, 0.25) is 0 Å². The number of anilines is 1. The molecule has 3 aromatic heterocycles. The average molecular weight is 471 g/mol. The van der Waals surface area contributed by atoms with Crippen LogP contribution in [0.15, 0.2) is 52.4 Å². The fraction of sp³-hybridized carbons (Fsp3) is 0.100. The molecule has 0 saturated carbocycles. The van der Waals surface area contributed by atoms with Gasteiger partial charge < -0.3 is 10.4 Å². The number of fused-ring (bicyclic) bond motifs is 1. The van der Waals surface area contributed by atoms with E-state index in [1.54, 1.807) is 28.9 Å². The van der Waals surface area contributed by atoms with Crippen molar-refractivity contribution in [3.05, 3.63) is 68.6 Å². The monoisotopic (exact) mass is 470 g/mol. The molecule has 146 valence electrons. The zero-order valence-electron chi connectivity index (χ0n) is 15.2. The van der Waals surface area contributed by atoms with Crippen LogP contribution in [0.3, 0.4) is 0 Å². The van der Waals surface area contributed by atoms with Gasteiger partial charge in [-0.25, -0.2) is 14.3 Å². The summed E-state index contributed by atoms with van der Waals surface area (Å²) in [5.41, 5.74) is 2.98. The molecule has 0 unspecified atom stereocenters. The lowest BCUT2D eigenvalue weighted by molar-refractivity contribution is 0.0697. The Balaban J connectivity index is 1.74. The van der Waals surface area contributed by atoms with Crippen molar-refractivity contribution in [2.24, 2.45) is 0 Å². The third kappa shape index (κ3) is 3.66. The summed E-state index contributed by atoms with van der Waals surface area (Å²) in [7, 11) is 0. The Morgan fingerprint density at radius 3 is 2.76 bits per heavy atom. The number of hydrogen-bond donors (Lipinski definition) is 2. The van der Waals surface area contributed by atoms with Gasteiger partial charge in [0.15, 0.2) is 5.65 Å². The second-order valence-corrected chi connectivity index (χ2v) is 8.65. The SMILES string of the molecule is CCc1nn2c(-c3cccc(NC(=O)c4ccc(Br)s4)c3)ccnc2c1C(=O)O. The maximum atomic E-state index is 12.4. The van der Waals surface area contributed by atoms with E-state index < -0.39 is 5.97 Å². The number of rotatable bonds is 5. The molecular weight excluding hydrogens is 456 g/mol. The highest BCUT2D eigenvalue weighted by Crippen LogP contribution is 2.27. The Morgan fingerprint density at radius 1 is 1.24 bits per heavy atom. The molecule has 4 rings (SSSR count). The van der Waals surface area contributed by atoms with Gasteiger partial charge >= 0.3 is 5.97 Å². The van der Waals surface area contributed by atoms with Crippen molar-refractivity contribution in [1.82, 2.24) is 14.6 Å². The van der Waals surface area contributed by atoms with E-state index in [9.17, 15) is 14.7 Å². The molecule has 0 radical (unpaired) electrons. The molecule has 2 N–H and O–H groups in total. The number of nitrogens with zero attached hydrogens (tertiary/aromatic N) is 3. The maximum Gasteiger partial charge on any atom is 0.341 e. The Morgan fingerprint density at radius 2 is 2.07 bits per heavy atom. The van der Waals surface area contributed by atoms with Gasteiger partial charge in [0, 0.05) is 17.4 Å². The summed E-state index contributed by atoms with van der Waals surface area (Å²) >= 11 is 4.71.